The highest BCUT2D eigenvalue weighted by Gasteiger charge is 2.34. The van der Waals surface area contributed by atoms with Crippen LogP contribution in [0.3, 0.4) is 0 Å². The largest absolute Gasteiger partial charge is 0.388 e. The molecule has 0 bridgehead atoms. The lowest BCUT2D eigenvalue weighted by Crippen LogP contribution is -2.47. The molecule has 23 heavy (non-hydrogen) atoms. The Morgan fingerprint density at radius 1 is 1.43 bits per heavy atom. The summed E-state index contributed by atoms with van der Waals surface area (Å²) in [5.74, 6) is 0.145. The number of rotatable bonds is 4. The minimum Gasteiger partial charge on any atom is -0.388 e. The van der Waals surface area contributed by atoms with Gasteiger partial charge in [0.15, 0.2) is 5.82 Å². The van der Waals surface area contributed by atoms with E-state index >= 15 is 0 Å². The Morgan fingerprint density at radius 3 is 2.74 bits per heavy atom. The Hall–Kier alpha value is -1.92. The first kappa shape index (κ1) is 16.0. The van der Waals surface area contributed by atoms with E-state index in [0.29, 0.717) is 18.7 Å². The van der Waals surface area contributed by atoms with E-state index in [0.717, 1.165) is 17.8 Å². The number of aryl methyl sites for hydroxylation is 2. The Labute approximate surface area is 139 Å². The molecule has 2 heterocycles. The molecule has 1 aliphatic carbocycles. The molecule has 6 nitrogen and oxygen atoms in total. The maximum atomic E-state index is 12.3. The van der Waals surface area contributed by atoms with E-state index in [-0.39, 0.29) is 17.3 Å². The molecule has 0 atom stereocenters. The number of nitrogens with zero attached hydrogens (tertiary/aromatic N) is 3. The van der Waals surface area contributed by atoms with Crippen LogP contribution < -0.4 is 5.32 Å². The Bertz CT molecular complexity index is 753. The molecule has 1 aliphatic rings. The molecule has 0 radical (unpaired) electrons. The van der Waals surface area contributed by atoms with Gasteiger partial charge in [-0.2, -0.15) is 5.10 Å². The van der Waals surface area contributed by atoms with Crippen molar-refractivity contribution in [2.45, 2.75) is 38.7 Å². The quantitative estimate of drug-likeness (QED) is 0.898. The number of aliphatic hydroxyl groups is 1. The monoisotopic (exact) mass is 334 g/mol. The van der Waals surface area contributed by atoms with Gasteiger partial charge in [-0.25, -0.2) is 9.67 Å². The predicted molar refractivity (Wildman–Crippen MR) is 87.0 cm³/mol. The van der Waals surface area contributed by atoms with Gasteiger partial charge in [-0.05, 0) is 51.3 Å². The number of aromatic nitrogens is 3. The zero-order valence-corrected chi connectivity index (χ0v) is 13.9. The first-order chi connectivity index (χ1) is 10.9. The fourth-order valence-corrected chi connectivity index (χ4v) is 2.85. The summed E-state index contributed by atoms with van der Waals surface area (Å²) in [6, 6.07) is 5.29. The van der Waals surface area contributed by atoms with Crippen LogP contribution in [0.4, 0.5) is 0 Å². The summed E-state index contributed by atoms with van der Waals surface area (Å²) in [5, 5.41) is 17.4. The molecule has 2 N–H and O–H groups in total. The summed E-state index contributed by atoms with van der Waals surface area (Å²) in [5.41, 5.74) is 1.15. The van der Waals surface area contributed by atoms with Crippen LogP contribution in [0, 0.1) is 13.8 Å². The zero-order valence-electron chi connectivity index (χ0n) is 13.1. The standard InChI is InChI=1S/C16H19ClN4O2/c1-10-8-11(2)21(20-10)13-5-4-12(17)14(19-13)15(22)18-9-16(23)6-3-7-16/h4-5,8,23H,3,6-7,9H2,1-2H3,(H,18,22). The Kier molecular flexibility index (Phi) is 4.12. The van der Waals surface area contributed by atoms with Gasteiger partial charge in [0.25, 0.3) is 5.91 Å². The second kappa shape index (κ2) is 5.94. The van der Waals surface area contributed by atoms with E-state index in [1.165, 1.54) is 0 Å². The summed E-state index contributed by atoms with van der Waals surface area (Å²) in [7, 11) is 0. The number of carbonyl (C=O) groups is 1. The SMILES string of the molecule is Cc1cc(C)n(-c2ccc(Cl)c(C(=O)NCC3(O)CCC3)n2)n1. The van der Waals surface area contributed by atoms with Crippen LogP contribution in [0.5, 0.6) is 0 Å². The number of hydrogen-bond donors (Lipinski definition) is 2. The highest BCUT2D eigenvalue weighted by Crippen LogP contribution is 2.30. The van der Waals surface area contributed by atoms with Crippen molar-refractivity contribution in [3.63, 3.8) is 0 Å². The van der Waals surface area contributed by atoms with Crippen LogP contribution in [-0.2, 0) is 0 Å². The highest BCUT2D eigenvalue weighted by molar-refractivity contribution is 6.33. The van der Waals surface area contributed by atoms with Crippen LogP contribution in [0.15, 0.2) is 18.2 Å². The summed E-state index contributed by atoms with van der Waals surface area (Å²) >= 11 is 6.11. The minimum absolute atomic E-state index is 0.139. The van der Waals surface area contributed by atoms with Crippen molar-refractivity contribution in [3.05, 3.63) is 40.3 Å². The van der Waals surface area contributed by atoms with Crippen molar-refractivity contribution in [3.8, 4) is 5.82 Å². The van der Waals surface area contributed by atoms with Crippen LogP contribution in [-0.4, -0.2) is 37.9 Å². The second-order valence-corrected chi connectivity index (χ2v) is 6.51. The maximum Gasteiger partial charge on any atom is 0.271 e. The van der Waals surface area contributed by atoms with Crippen LogP contribution in [0.1, 0.15) is 41.1 Å². The normalized spacial score (nSPS) is 16.0. The van der Waals surface area contributed by atoms with Gasteiger partial charge in [0.05, 0.1) is 16.3 Å². The predicted octanol–water partition coefficient (Wildman–Crippen LogP) is 2.18. The average molecular weight is 335 g/mol. The van der Waals surface area contributed by atoms with E-state index in [2.05, 4.69) is 15.4 Å². The molecular weight excluding hydrogens is 316 g/mol. The van der Waals surface area contributed by atoms with E-state index in [9.17, 15) is 9.90 Å². The van der Waals surface area contributed by atoms with Crippen molar-refractivity contribution < 1.29 is 9.90 Å². The summed E-state index contributed by atoms with van der Waals surface area (Å²) in [6.07, 6.45) is 2.40. The van der Waals surface area contributed by atoms with Crippen molar-refractivity contribution in [2.75, 3.05) is 6.54 Å². The van der Waals surface area contributed by atoms with Crippen molar-refractivity contribution in [1.29, 1.82) is 0 Å². The van der Waals surface area contributed by atoms with Crippen LogP contribution in [0.2, 0.25) is 5.02 Å². The lowest BCUT2D eigenvalue weighted by molar-refractivity contribution is -0.0300. The maximum absolute atomic E-state index is 12.3. The first-order valence-electron chi connectivity index (χ1n) is 7.59. The van der Waals surface area contributed by atoms with Gasteiger partial charge in [-0.3, -0.25) is 4.79 Å². The van der Waals surface area contributed by atoms with E-state index in [1.54, 1.807) is 16.8 Å². The van der Waals surface area contributed by atoms with Gasteiger partial charge < -0.3 is 10.4 Å². The second-order valence-electron chi connectivity index (χ2n) is 6.10. The van der Waals surface area contributed by atoms with Gasteiger partial charge in [0, 0.05) is 12.2 Å². The number of pyridine rings is 1. The molecule has 1 saturated carbocycles. The topological polar surface area (TPSA) is 80.0 Å². The van der Waals surface area contributed by atoms with Gasteiger partial charge >= 0.3 is 0 Å². The Morgan fingerprint density at radius 2 is 2.17 bits per heavy atom. The molecule has 0 spiro atoms. The molecule has 0 unspecified atom stereocenters. The molecular formula is C16H19ClN4O2. The summed E-state index contributed by atoms with van der Waals surface area (Å²) in [4.78, 5) is 16.7. The van der Waals surface area contributed by atoms with Crippen molar-refractivity contribution >= 4 is 17.5 Å². The molecule has 0 aromatic carbocycles. The van der Waals surface area contributed by atoms with Gasteiger partial charge in [0.2, 0.25) is 0 Å². The number of nitrogens with one attached hydrogen (secondary N) is 1. The molecule has 1 amide bonds. The fourth-order valence-electron chi connectivity index (χ4n) is 2.66. The van der Waals surface area contributed by atoms with Gasteiger partial charge in [0.1, 0.15) is 5.69 Å². The van der Waals surface area contributed by atoms with Gasteiger partial charge in [-0.1, -0.05) is 11.6 Å². The third kappa shape index (κ3) is 3.23. The molecule has 3 rings (SSSR count). The van der Waals surface area contributed by atoms with Crippen LogP contribution in [0.25, 0.3) is 5.82 Å². The number of amides is 1. The lowest BCUT2D eigenvalue weighted by Gasteiger charge is -2.36. The van der Waals surface area contributed by atoms with Gasteiger partial charge in [-0.15, -0.1) is 0 Å². The van der Waals surface area contributed by atoms with Crippen molar-refractivity contribution in [1.82, 2.24) is 20.1 Å². The zero-order chi connectivity index (χ0) is 16.6. The average Bonchev–Trinajstić information content (AvgIpc) is 2.82. The molecule has 1 fully saturated rings. The molecule has 2 aromatic rings. The van der Waals surface area contributed by atoms with Crippen molar-refractivity contribution in [2.24, 2.45) is 0 Å². The molecule has 0 saturated heterocycles. The molecule has 7 heteroatoms. The third-order valence-corrected chi connectivity index (χ3v) is 4.44. The molecule has 2 aromatic heterocycles. The number of halogens is 1. The van der Waals surface area contributed by atoms with E-state index < -0.39 is 11.5 Å². The third-order valence-electron chi connectivity index (χ3n) is 4.14. The number of carbonyl (C=O) groups excluding carboxylic acids is 1. The van der Waals surface area contributed by atoms with E-state index in [4.69, 9.17) is 11.6 Å². The minimum atomic E-state index is -0.782. The fraction of sp³-hybridized carbons (Fsp3) is 0.438. The van der Waals surface area contributed by atoms with Crippen LogP contribution >= 0.6 is 11.6 Å². The first-order valence-corrected chi connectivity index (χ1v) is 7.96. The molecule has 122 valence electrons. The Balaban J connectivity index is 1.82. The number of hydrogen-bond acceptors (Lipinski definition) is 4. The molecule has 0 aliphatic heterocycles. The lowest BCUT2D eigenvalue weighted by atomic mass is 9.80. The van der Waals surface area contributed by atoms with E-state index in [1.807, 2.05) is 19.9 Å². The smallest absolute Gasteiger partial charge is 0.271 e. The highest BCUT2D eigenvalue weighted by atomic mass is 35.5. The summed E-state index contributed by atoms with van der Waals surface area (Å²) in [6.45, 7) is 4.03. The summed E-state index contributed by atoms with van der Waals surface area (Å²) < 4.78 is 1.67.